The average molecular weight is 249 g/mol. The first-order valence-electron chi connectivity index (χ1n) is 6.17. The van der Waals surface area contributed by atoms with Crippen LogP contribution in [0.1, 0.15) is 31.4 Å². The second kappa shape index (κ2) is 5.30. The number of likely N-dealkylation sites (N-methyl/N-ethyl adjacent to an activating group) is 1. The lowest BCUT2D eigenvalue weighted by molar-refractivity contribution is 0.106. The molecule has 18 heavy (non-hydrogen) atoms. The summed E-state index contributed by atoms with van der Waals surface area (Å²) in [6, 6.07) is 0.0218. The van der Waals surface area contributed by atoms with Gasteiger partial charge in [0.2, 0.25) is 0 Å². The Bertz CT molecular complexity index is 436. The minimum Gasteiger partial charge on any atom is -0.391 e. The van der Waals surface area contributed by atoms with Crippen molar-refractivity contribution >= 4 is 11.7 Å². The highest BCUT2D eigenvalue weighted by Crippen LogP contribution is 2.26. The monoisotopic (exact) mass is 249 g/mol. The summed E-state index contributed by atoms with van der Waals surface area (Å²) in [4.78, 5) is 10.2. The van der Waals surface area contributed by atoms with Crippen LogP contribution in [-0.2, 0) is 0 Å². The summed E-state index contributed by atoms with van der Waals surface area (Å²) < 4.78 is 0. The van der Waals surface area contributed by atoms with E-state index in [2.05, 4.69) is 9.97 Å². The van der Waals surface area contributed by atoms with E-state index in [0.717, 1.165) is 25.7 Å². The molecule has 2 unspecified atom stereocenters. The number of aromatic nitrogens is 2. The molecule has 1 saturated carbocycles. The second-order valence-electron chi connectivity index (χ2n) is 4.67. The molecule has 98 valence electrons. The summed E-state index contributed by atoms with van der Waals surface area (Å²) in [5.41, 5.74) is 5.88. The number of aliphatic hydroxyl groups is 1. The van der Waals surface area contributed by atoms with Gasteiger partial charge in [-0.15, -0.1) is 0 Å². The number of aliphatic hydroxyl groups excluding tert-OH is 1. The molecule has 0 bridgehead atoms. The van der Waals surface area contributed by atoms with E-state index in [0.29, 0.717) is 11.5 Å². The number of rotatable bonds is 3. The summed E-state index contributed by atoms with van der Waals surface area (Å²) in [5.74, 6) is 0.464. The highest BCUT2D eigenvalue weighted by molar-refractivity contribution is 5.97. The predicted octanol–water partition coefficient (Wildman–Crippen LogP) is 0.500. The first kappa shape index (κ1) is 12.8. The zero-order valence-corrected chi connectivity index (χ0v) is 10.5. The Hall–Kier alpha value is -1.69. The Balaban J connectivity index is 2.27. The largest absolute Gasteiger partial charge is 0.391 e. The van der Waals surface area contributed by atoms with E-state index in [9.17, 15) is 5.11 Å². The Kier molecular flexibility index (Phi) is 3.76. The van der Waals surface area contributed by atoms with E-state index in [1.54, 1.807) is 6.20 Å². The van der Waals surface area contributed by atoms with Gasteiger partial charge in [-0.1, -0.05) is 12.8 Å². The minimum atomic E-state index is -0.356. The molecule has 1 fully saturated rings. The van der Waals surface area contributed by atoms with Crippen molar-refractivity contribution in [2.24, 2.45) is 5.73 Å². The van der Waals surface area contributed by atoms with Crippen molar-refractivity contribution in [3.8, 4) is 0 Å². The molecule has 0 aromatic carbocycles. The van der Waals surface area contributed by atoms with Crippen LogP contribution in [0.25, 0.3) is 0 Å². The molecule has 6 heteroatoms. The summed E-state index contributed by atoms with van der Waals surface area (Å²) in [6.45, 7) is 0. The van der Waals surface area contributed by atoms with Gasteiger partial charge < -0.3 is 15.7 Å². The average Bonchev–Trinajstić information content (AvgIpc) is 2.38. The number of nitrogens with two attached hydrogens (primary N) is 1. The summed E-state index contributed by atoms with van der Waals surface area (Å²) in [6.07, 6.45) is 6.63. The van der Waals surface area contributed by atoms with Crippen molar-refractivity contribution in [1.29, 1.82) is 5.41 Å². The molecule has 1 aliphatic carbocycles. The van der Waals surface area contributed by atoms with Crippen molar-refractivity contribution in [1.82, 2.24) is 9.97 Å². The lowest BCUT2D eigenvalue weighted by atomic mass is 9.91. The number of amidine groups is 1. The third-order valence-electron chi connectivity index (χ3n) is 3.46. The van der Waals surface area contributed by atoms with Crippen LogP contribution >= 0.6 is 0 Å². The molecule has 0 radical (unpaired) electrons. The summed E-state index contributed by atoms with van der Waals surface area (Å²) in [7, 11) is 1.87. The maximum absolute atomic E-state index is 10.1. The Labute approximate surface area is 106 Å². The van der Waals surface area contributed by atoms with Gasteiger partial charge in [0.25, 0.3) is 0 Å². The maximum atomic E-state index is 10.1. The van der Waals surface area contributed by atoms with Crippen LogP contribution < -0.4 is 10.6 Å². The minimum absolute atomic E-state index is 0.0218. The Morgan fingerprint density at radius 1 is 1.39 bits per heavy atom. The van der Waals surface area contributed by atoms with E-state index < -0.39 is 0 Å². The summed E-state index contributed by atoms with van der Waals surface area (Å²) in [5, 5.41) is 17.6. The Morgan fingerprint density at radius 2 is 2.06 bits per heavy atom. The molecular weight excluding hydrogens is 230 g/mol. The third-order valence-corrected chi connectivity index (χ3v) is 3.46. The zero-order chi connectivity index (χ0) is 13.1. The fourth-order valence-corrected chi connectivity index (χ4v) is 2.48. The first-order valence-corrected chi connectivity index (χ1v) is 6.17. The van der Waals surface area contributed by atoms with E-state index in [1.165, 1.54) is 6.20 Å². The van der Waals surface area contributed by atoms with Crippen LogP contribution in [0.2, 0.25) is 0 Å². The molecule has 2 atom stereocenters. The smallest absolute Gasteiger partial charge is 0.158 e. The van der Waals surface area contributed by atoms with Crippen molar-refractivity contribution in [2.45, 2.75) is 37.8 Å². The highest BCUT2D eigenvalue weighted by atomic mass is 16.3. The van der Waals surface area contributed by atoms with E-state index in [4.69, 9.17) is 11.1 Å². The summed E-state index contributed by atoms with van der Waals surface area (Å²) >= 11 is 0. The fourth-order valence-electron chi connectivity index (χ4n) is 2.48. The van der Waals surface area contributed by atoms with Crippen molar-refractivity contribution in [3.63, 3.8) is 0 Å². The number of hydrogen-bond donors (Lipinski definition) is 3. The van der Waals surface area contributed by atoms with Crippen LogP contribution in [0.4, 0.5) is 5.82 Å². The molecule has 0 saturated heterocycles. The Morgan fingerprint density at radius 3 is 2.72 bits per heavy atom. The van der Waals surface area contributed by atoms with Crippen molar-refractivity contribution in [3.05, 3.63) is 18.1 Å². The molecule has 0 amide bonds. The molecule has 1 heterocycles. The molecule has 1 aliphatic rings. The van der Waals surface area contributed by atoms with Gasteiger partial charge >= 0.3 is 0 Å². The van der Waals surface area contributed by atoms with E-state index in [-0.39, 0.29) is 18.0 Å². The van der Waals surface area contributed by atoms with Gasteiger partial charge in [0, 0.05) is 19.4 Å². The molecule has 4 N–H and O–H groups in total. The predicted molar refractivity (Wildman–Crippen MR) is 69.7 cm³/mol. The van der Waals surface area contributed by atoms with Crippen LogP contribution in [-0.4, -0.2) is 40.1 Å². The number of nitrogens with one attached hydrogen (secondary N) is 1. The van der Waals surface area contributed by atoms with Gasteiger partial charge in [0.1, 0.15) is 11.5 Å². The van der Waals surface area contributed by atoms with Gasteiger partial charge in [-0.25, -0.2) is 9.97 Å². The molecule has 6 nitrogen and oxygen atoms in total. The van der Waals surface area contributed by atoms with Crippen molar-refractivity contribution in [2.75, 3.05) is 11.9 Å². The van der Waals surface area contributed by atoms with Crippen LogP contribution in [0.5, 0.6) is 0 Å². The molecule has 1 aromatic rings. The first-order chi connectivity index (χ1) is 8.61. The standard InChI is InChI=1S/C12H19N5O/c1-17(8-4-2-3-5-9(8)18)12-10(11(13)14)15-6-7-16-12/h6-9,18H,2-5H2,1H3,(H3,13,14). The van der Waals surface area contributed by atoms with E-state index >= 15 is 0 Å². The molecule has 1 aromatic heterocycles. The van der Waals surface area contributed by atoms with Gasteiger partial charge in [0.05, 0.1) is 12.1 Å². The number of anilines is 1. The topological polar surface area (TPSA) is 99.1 Å². The van der Waals surface area contributed by atoms with Crippen molar-refractivity contribution < 1.29 is 5.11 Å². The second-order valence-corrected chi connectivity index (χ2v) is 4.67. The van der Waals surface area contributed by atoms with Gasteiger partial charge in [-0.05, 0) is 12.8 Å². The van der Waals surface area contributed by atoms with Gasteiger partial charge in [-0.2, -0.15) is 0 Å². The normalized spacial score (nSPS) is 23.7. The molecule has 2 rings (SSSR count). The quantitative estimate of drug-likeness (QED) is 0.535. The maximum Gasteiger partial charge on any atom is 0.158 e. The van der Waals surface area contributed by atoms with Gasteiger partial charge in [-0.3, -0.25) is 5.41 Å². The van der Waals surface area contributed by atoms with E-state index in [1.807, 2.05) is 11.9 Å². The lowest BCUT2D eigenvalue weighted by Gasteiger charge is -2.36. The molecular formula is C12H19N5O. The number of nitrogens with zero attached hydrogens (tertiary/aromatic N) is 3. The highest BCUT2D eigenvalue weighted by Gasteiger charge is 2.29. The number of hydrogen-bond acceptors (Lipinski definition) is 5. The lowest BCUT2D eigenvalue weighted by Crippen LogP contribution is -2.44. The zero-order valence-electron chi connectivity index (χ0n) is 10.5. The van der Waals surface area contributed by atoms with Crippen LogP contribution in [0.3, 0.4) is 0 Å². The van der Waals surface area contributed by atoms with Gasteiger partial charge in [0.15, 0.2) is 5.82 Å². The fraction of sp³-hybridized carbons (Fsp3) is 0.583. The molecule has 0 aliphatic heterocycles. The third kappa shape index (κ3) is 2.43. The van der Waals surface area contributed by atoms with Crippen LogP contribution in [0.15, 0.2) is 12.4 Å². The molecule has 0 spiro atoms. The van der Waals surface area contributed by atoms with Crippen LogP contribution in [0, 0.1) is 5.41 Å². The SMILES string of the molecule is CN(c1nccnc1C(=N)N)C1CCCCC1O. The number of nitrogen functional groups attached to an aromatic ring is 1.